The van der Waals surface area contributed by atoms with Crippen LogP contribution in [0.2, 0.25) is 0 Å². The molecule has 3 nitrogen and oxygen atoms in total. The monoisotopic (exact) mass is 252 g/mol. The first-order chi connectivity index (χ1) is 8.69. The predicted molar refractivity (Wildman–Crippen MR) is 74.4 cm³/mol. The summed E-state index contributed by atoms with van der Waals surface area (Å²) in [6, 6.07) is 1.16. The van der Waals surface area contributed by atoms with Gasteiger partial charge in [0.1, 0.15) is 0 Å². The van der Waals surface area contributed by atoms with Crippen LogP contribution in [0.5, 0.6) is 0 Å². The second-order valence-electron chi connectivity index (χ2n) is 6.15. The highest BCUT2D eigenvalue weighted by Crippen LogP contribution is 2.28. The minimum Gasteiger partial charge on any atom is -0.352 e. The van der Waals surface area contributed by atoms with Gasteiger partial charge in [0.15, 0.2) is 0 Å². The zero-order valence-electron chi connectivity index (χ0n) is 12.0. The maximum atomic E-state index is 11.3. The number of piperidine rings is 1. The molecule has 18 heavy (non-hydrogen) atoms. The van der Waals surface area contributed by atoms with Crippen LogP contribution in [-0.2, 0) is 4.79 Å². The Bertz CT molecular complexity index is 274. The van der Waals surface area contributed by atoms with E-state index >= 15 is 0 Å². The number of rotatable bonds is 3. The summed E-state index contributed by atoms with van der Waals surface area (Å²) in [5, 5.41) is 3.13. The fourth-order valence-corrected chi connectivity index (χ4v) is 3.67. The molecule has 0 bridgehead atoms. The summed E-state index contributed by atoms with van der Waals surface area (Å²) in [5.41, 5.74) is 0. The highest BCUT2D eigenvalue weighted by Gasteiger charge is 2.31. The third kappa shape index (κ3) is 3.71. The van der Waals surface area contributed by atoms with E-state index in [9.17, 15) is 4.79 Å². The third-order valence-electron chi connectivity index (χ3n) is 4.64. The van der Waals surface area contributed by atoms with Crippen molar-refractivity contribution in [2.45, 2.75) is 70.9 Å². The largest absolute Gasteiger partial charge is 0.352 e. The summed E-state index contributed by atoms with van der Waals surface area (Å²) in [7, 11) is 0. The van der Waals surface area contributed by atoms with Gasteiger partial charge in [-0.2, -0.15) is 0 Å². The van der Waals surface area contributed by atoms with Gasteiger partial charge in [-0.3, -0.25) is 9.69 Å². The average Bonchev–Trinajstić information content (AvgIpc) is 2.38. The summed E-state index contributed by atoms with van der Waals surface area (Å²) >= 11 is 0. The molecule has 2 aliphatic rings. The number of hydrogen-bond donors (Lipinski definition) is 1. The van der Waals surface area contributed by atoms with E-state index in [0.29, 0.717) is 6.04 Å². The number of nitrogens with zero attached hydrogens (tertiary/aromatic N) is 1. The van der Waals surface area contributed by atoms with E-state index in [-0.39, 0.29) is 5.91 Å². The first-order valence-electron chi connectivity index (χ1n) is 7.70. The van der Waals surface area contributed by atoms with E-state index in [1.54, 1.807) is 6.92 Å². The molecule has 0 spiro atoms. The molecule has 2 atom stereocenters. The van der Waals surface area contributed by atoms with Crippen LogP contribution >= 0.6 is 0 Å². The Kier molecular flexibility index (Phi) is 5.04. The second kappa shape index (κ2) is 6.55. The van der Waals surface area contributed by atoms with Crippen LogP contribution in [0.25, 0.3) is 0 Å². The van der Waals surface area contributed by atoms with Gasteiger partial charge in [0.25, 0.3) is 0 Å². The van der Waals surface area contributed by atoms with Gasteiger partial charge >= 0.3 is 0 Å². The topological polar surface area (TPSA) is 32.3 Å². The van der Waals surface area contributed by atoms with Crippen LogP contribution in [0.4, 0.5) is 0 Å². The molecule has 1 saturated heterocycles. The van der Waals surface area contributed by atoms with E-state index in [4.69, 9.17) is 0 Å². The van der Waals surface area contributed by atoms with Gasteiger partial charge < -0.3 is 5.32 Å². The van der Waals surface area contributed by atoms with Crippen molar-refractivity contribution in [3.05, 3.63) is 0 Å². The minimum absolute atomic E-state index is 0.125. The van der Waals surface area contributed by atoms with Crippen molar-refractivity contribution in [3.8, 4) is 0 Å². The van der Waals surface area contributed by atoms with Gasteiger partial charge in [0.05, 0.1) is 0 Å². The van der Waals surface area contributed by atoms with E-state index in [1.165, 1.54) is 51.5 Å². The lowest BCUT2D eigenvalue weighted by Crippen LogP contribution is -2.53. The predicted octanol–water partition coefficient (Wildman–Crippen LogP) is 2.56. The summed E-state index contributed by atoms with van der Waals surface area (Å²) in [4.78, 5) is 13.9. The van der Waals surface area contributed by atoms with Gasteiger partial charge in [-0.15, -0.1) is 0 Å². The molecule has 0 aromatic heterocycles. The Labute approximate surface area is 111 Å². The average molecular weight is 252 g/mol. The fraction of sp³-hybridized carbons (Fsp3) is 0.933. The molecular formula is C15H28N2O. The molecule has 0 aromatic carbocycles. The van der Waals surface area contributed by atoms with E-state index in [1.807, 2.05) is 0 Å². The van der Waals surface area contributed by atoms with Crippen molar-refractivity contribution < 1.29 is 4.79 Å². The van der Waals surface area contributed by atoms with Crippen LogP contribution in [0.15, 0.2) is 0 Å². The molecule has 2 rings (SSSR count). The summed E-state index contributed by atoms with van der Waals surface area (Å²) in [6.45, 7) is 6.23. The fourth-order valence-electron chi connectivity index (χ4n) is 3.67. The second-order valence-corrected chi connectivity index (χ2v) is 6.15. The van der Waals surface area contributed by atoms with E-state index < -0.39 is 0 Å². The standard InChI is InChI=1S/C15H28N2O/c1-3-13-9-14(16-12(2)18)11-17(10-13)15-7-5-4-6-8-15/h13-15H,3-11H2,1-2H3,(H,16,18). The number of amides is 1. The molecule has 1 aliphatic carbocycles. The van der Waals surface area contributed by atoms with Gasteiger partial charge in [-0.1, -0.05) is 32.6 Å². The van der Waals surface area contributed by atoms with Crippen molar-refractivity contribution in [1.29, 1.82) is 0 Å². The van der Waals surface area contributed by atoms with Crippen LogP contribution in [0, 0.1) is 5.92 Å². The minimum atomic E-state index is 0.125. The lowest BCUT2D eigenvalue weighted by atomic mass is 9.87. The Hall–Kier alpha value is -0.570. The Balaban J connectivity index is 1.93. The summed E-state index contributed by atoms with van der Waals surface area (Å²) < 4.78 is 0. The Morgan fingerprint density at radius 1 is 1.22 bits per heavy atom. The quantitative estimate of drug-likeness (QED) is 0.837. The molecule has 1 N–H and O–H groups in total. The van der Waals surface area contributed by atoms with E-state index in [0.717, 1.165) is 18.5 Å². The van der Waals surface area contributed by atoms with Crippen LogP contribution in [-0.4, -0.2) is 36.0 Å². The number of carbonyl (C=O) groups excluding carboxylic acids is 1. The van der Waals surface area contributed by atoms with Crippen molar-refractivity contribution in [2.24, 2.45) is 5.92 Å². The molecule has 104 valence electrons. The number of nitrogens with one attached hydrogen (secondary N) is 1. The lowest BCUT2D eigenvalue weighted by Gasteiger charge is -2.43. The summed E-state index contributed by atoms with van der Waals surface area (Å²) in [5.74, 6) is 0.887. The first-order valence-corrected chi connectivity index (χ1v) is 7.70. The van der Waals surface area contributed by atoms with Gasteiger partial charge in [-0.05, 0) is 25.2 Å². The Morgan fingerprint density at radius 3 is 2.56 bits per heavy atom. The lowest BCUT2D eigenvalue weighted by molar-refractivity contribution is -0.120. The number of carbonyl (C=O) groups is 1. The molecule has 2 unspecified atom stereocenters. The SMILES string of the molecule is CCC1CC(NC(C)=O)CN(C2CCCCC2)C1. The summed E-state index contributed by atoms with van der Waals surface area (Å²) in [6.07, 6.45) is 9.33. The van der Waals surface area contributed by atoms with Crippen molar-refractivity contribution in [2.75, 3.05) is 13.1 Å². The maximum Gasteiger partial charge on any atom is 0.217 e. The molecule has 1 amide bonds. The maximum absolute atomic E-state index is 11.3. The zero-order valence-corrected chi connectivity index (χ0v) is 12.0. The first kappa shape index (κ1) is 13.9. The van der Waals surface area contributed by atoms with Crippen LogP contribution in [0.1, 0.15) is 58.8 Å². The van der Waals surface area contributed by atoms with Gasteiger partial charge in [-0.25, -0.2) is 0 Å². The normalized spacial score (nSPS) is 31.2. The van der Waals surface area contributed by atoms with Crippen molar-refractivity contribution in [3.63, 3.8) is 0 Å². The molecule has 1 saturated carbocycles. The smallest absolute Gasteiger partial charge is 0.217 e. The zero-order chi connectivity index (χ0) is 13.0. The molecular weight excluding hydrogens is 224 g/mol. The molecule has 2 fully saturated rings. The highest BCUT2D eigenvalue weighted by molar-refractivity contribution is 5.73. The molecule has 1 aliphatic heterocycles. The molecule has 0 aromatic rings. The van der Waals surface area contributed by atoms with Crippen LogP contribution in [0.3, 0.4) is 0 Å². The number of likely N-dealkylation sites (tertiary alicyclic amines) is 1. The van der Waals surface area contributed by atoms with Gasteiger partial charge in [0, 0.05) is 32.1 Å². The highest BCUT2D eigenvalue weighted by atomic mass is 16.1. The van der Waals surface area contributed by atoms with E-state index in [2.05, 4.69) is 17.1 Å². The van der Waals surface area contributed by atoms with Gasteiger partial charge in [0.2, 0.25) is 5.91 Å². The molecule has 1 heterocycles. The Morgan fingerprint density at radius 2 is 1.94 bits per heavy atom. The molecule has 0 radical (unpaired) electrons. The van der Waals surface area contributed by atoms with Crippen molar-refractivity contribution in [1.82, 2.24) is 10.2 Å². The molecule has 3 heteroatoms. The number of hydrogen-bond acceptors (Lipinski definition) is 2. The van der Waals surface area contributed by atoms with Crippen LogP contribution < -0.4 is 5.32 Å². The van der Waals surface area contributed by atoms with Crippen molar-refractivity contribution >= 4 is 5.91 Å². The third-order valence-corrected chi connectivity index (χ3v) is 4.64.